The molecule has 0 aliphatic heterocycles. The van der Waals surface area contributed by atoms with Gasteiger partial charge in [-0.3, -0.25) is 0 Å². The second-order valence-corrected chi connectivity index (χ2v) is 5.32. The molecule has 2 atom stereocenters. The van der Waals surface area contributed by atoms with Gasteiger partial charge in [-0.05, 0) is 44.5 Å². The maximum absolute atomic E-state index is 5.81. The number of ether oxygens (including phenoxy) is 1. The SMILES string of the molecule is CCC(C)OC(=S)N(Cc1ccccc1)C(C)CC. The molecule has 0 fully saturated rings. The molecule has 0 bridgehead atoms. The molecule has 0 aromatic heterocycles. The molecule has 0 radical (unpaired) electrons. The van der Waals surface area contributed by atoms with Gasteiger partial charge < -0.3 is 9.64 Å². The highest BCUT2D eigenvalue weighted by molar-refractivity contribution is 7.80. The lowest BCUT2D eigenvalue weighted by atomic mass is 10.1. The predicted molar refractivity (Wildman–Crippen MR) is 85.2 cm³/mol. The smallest absolute Gasteiger partial charge is 0.260 e. The molecule has 2 nitrogen and oxygen atoms in total. The molecule has 0 saturated carbocycles. The Balaban J connectivity index is 2.74. The topological polar surface area (TPSA) is 12.5 Å². The summed E-state index contributed by atoms with van der Waals surface area (Å²) < 4.78 is 5.81. The van der Waals surface area contributed by atoms with Crippen molar-refractivity contribution in [2.75, 3.05) is 0 Å². The van der Waals surface area contributed by atoms with Crippen LogP contribution in [-0.4, -0.2) is 22.2 Å². The van der Waals surface area contributed by atoms with Crippen LogP contribution in [0, 0.1) is 0 Å². The maximum atomic E-state index is 5.81. The van der Waals surface area contributed by atoms with Gasteiger partial charge in [0.25, 0.3) is 5.17 Å². The zero-order valence-corrected chi connectivity index (χ0v) is 13.2. The molecule has 1 rings (SSSR count). The van der Waals surface area contributed by atoms with E-state index in [2.05, 4.69) is 56.9 Å². The van der Waals surface area contributed by atoms with Crippen LogP contribution in [0.25, 0.3) is 0 Å². The molecular formula is C16H25NOS. The van der Waals surface area contributed by atoms with Crippen molar-refractivity contribution in [3.8, 4) is 0 Å². The molecule has 106 valence electrons. The van der Waals surface area contributed by atoms with Crippen LogP contribution in [0.2, 0.25) is 0 Å². The molecule has 0 heterocycles. The molecular weight excluding hydrogens is 254 g/mol. The standard InChI is InChI=1S/C16H25NOS/c1-5-13(3)17(16(19)18-14(4)6-2)12-15-10-8-7-9-11-15/h7-11,13-14H,5-6,12H2,1-4H3. The Labute approximate surface area is 122 Å². The molecule has 3 heteroatoms. The van der Waals surface area contributed by atoms with Crippen LogP contribution < -0.4 is 0 Å². The van der Waals surface area contributed by atoms with Crippen LogP contribution >= 0.6 is 12.2 Å². The summed E-state index contributed by atoms with van der Waals surface area (Å²) in [5.41, 5.74) is 1.26. The van der Waals surface area contributed by atoms with Gasteiger partial charge in [-0.25, -0.2) is 0 Å². The third-order valence-electron chi connectivity index (χ3n) is 3.43. The van der Waals surface area contributed by atoms with E-state index in [0.29, 0.717) is 11.2 Å². The van der Waals surface area contributed by atoms with E-state index in [1.165, 1.54) is 5.56 Å². The first-order valence-corrected chi connectivity index (χ1v) is 7.50. The molecule has 0 saturated heterocycles. The van der Waals surface area contributed by atoms with Crippen molar-refractivity contribution in [2.24, 2.45) is 0 Å². The lowest BCUT2D eigenvalue weighted by Crippen LogP contribution is -2.39. The third-order valence-corrected chi connectivity index (χ3v) is 3.76. The first kappa shape index (κ1) is 16.0. The zero-order valence-electron chi connectivity index (χ0n) is 12.4. The Bertz CT molecular complexity index is 380. The van der Waals surface area contributed by atoms with Crippen LogP contribution in [0.4, 0.5) is 0 Å². The summed E-state index contributed by atoms with van der Waals surface area (Å²) in [4.78, 5) is 2.18. The van der Waals surface area contributed by atoms with E-state index < -0.39 is 0 Å². The van der Waals surface area contributed by atoms with Crippen molar-refractivity contribution < 1.29 is 4.74 Å². The molecule has 0 aliphatic rings. The first-order chi connectivity index (χ1) is 9.08. The van der Waals surface area contributed by atoms with Crippen molar-refractivity contribution in [2.45, 2.75) is 59.2 Å². The van der Waals surface area contributed by atoms with E-state index in [4.69, 9.17) is 17.0 Å². The van der Waals surface area contributed by atoms with E-state index in [1.807, 2.05) is 6.07 Å². The minimum Gasteiger partial charge on any atom is -0.468 e. The van der Waals surface area contributed by atoms with Gasteiger partial charge in [0.1, 0.15) is 0 Å². The fourth-order valence-corrected chi connectivity index (χ4v) is 2.13. The largest absolute Gasteiger partial charge is 0.468 e. The van der Waals surface area contributed by atoms with E-state index >= 15 is 0 Å². The van der Waals surface area contributed by atoms with Gasteiger partial charge in [-0.1, -0.05) is 44.2 Å². The Kier molecular flexibility index (Phi) is 6.85. The van der Waals surface area contributed by atoms with Crippen molar-refractivity contribution in [1.82, 2.24) is 4.90 Å². The number of hydrogen-bond acceptors (Lipinski definition) is 2. The Morgan fingerprint density at radius 1 is 1.16 bits per heavy atom. The molecule has 2 unspecified atom stereocenters. The van der Waals surface area contributed by atoms with Gasteiger partial charge in [0, 0.05) is 12.6 Å². The highest BCUT2D eigenvalue weighted by atomic mass is 32.1. The second-order valence-electron chi connectivity index (χ2n) is 4.97. The van der Waals surface area contributed by atoms with E-state index in [1.54, 1.807) is 0 Å². The Morgan fingerprint density at radius 3 is 2.32 bits per heavy atom. The van der Waals surface area contributed by atoms with Crippen molar-refractivity contribution in [3.63, 3.8) is 0 Å². The quantitative estimate of drug-likeness (QED) is 0.717. The monoisotopic (exact) mass is 279 g/mol. The number of thiocarbonyl (C=S) groups is 1. The number of benzene rings is 1. The van der Waals surface area contributed by atoms with Gasteiger partial charge in [-0.15, -0.1) is 0 Å². The second kappa shape index (κ2) is 8.16. The number of nitrogens with zero attached hydrogens (tertiary/aromatic N) is 1. The number of rotatable bonds is 6. The zero-order chi connectivity index (χ0) is 14.3. The average molecular weight is 279 g/mol. The fraction of sp³-hybridized carbons (Fsp3) is 0.562. The van der Waals surface area contributed by atoms with Crippen LogP contribution in [0.3, 0.4) is 0 Å². The van der Waals surface area contributed by atoms with Crippen LogP contribution in [0.1, 0.15) is 46.1 Å². The summed E-state index contributed by atoms with van der Waals surface area (Å²) in [7, 11) is 0. The summed E-state index contributed by atoms with van der Waals surface area (Å²) in [5.74, 6) is 0. The summed E-state index contributed by atoms with van der Waals surface area (Å²) >= 11 is 5.46. The highest BCUT2D eigenvalue weighted by Gasteiger charge is 2.18. The summed E-state index contributed by atoms with van der Waals surface area (Å²) in [5, 5.41) is 0.618. The van der Waals surface area contributed by atoms with E-state index in [0.717, 1.165) is 19.4 Å². The first-order valence-electron chi connectivity index (χ1n) is 7.09. The maximum Gasteiger partial charge on any atom is 0.260 e. The van der Waals surface area contributed by atoms with Crippen molar-refractivity contribution >= 4 is 17.4 Å². The highest BCUT2D eigenvalue weighted by Crippen LogP contribution is 2.14. The van der Waals surface area contributed by atoms with Crippen LogP contribution in [0.5, 0.6) is 0 Å². The lowest BCUT2D eigenvalue weighted by molar-refractivity contribution is 0.150. The average Bonchev–Trinajstić information content (AvgIpc) is 2.44. The summed E-state index contributed by atoms with van der Waals surface area (Å²) in [6.45, 7) is 9.34. The van der Waals surface area contributed by atoms with Gasteiger partial charge in [0.05, 0.1) is 6.10 Å². The molecule has 0 spiro atoms. The lowest BCUT2D eigenvalue weighted by Gasteiger charge is -2.31. The van der Waals surface area contributed by atoms with E-state index in [9.17, 15) is 0 Å². The summed E-state index contributed by atoms with van der Waals surface area (Å²) in [6, 6.07) is 10.8. The minimum absolute atomic E-state index is 0.176. The van der Waals surface area contributed by atoms with E-state index in [-0.39, 0.29) is 6.10 Å². The van der Waals surface area contributed by atoms with Gasteiger partial charge in [0.2, 0.25) is 0 Å². The van der Waals surface area contributed by atoms with Gasteiger partial charge in [0.15, 0.2) is 0 Å². The predicted octanol–water partition coefficient (Wildman–Crippen LogP) is 4.39. The Hall–Kier alpha value is -1.09. The van der Waals surface area contributed by atoms with Crippen molar-refractivity contribution in [3.05, 3.63) is 35.9 Å². The molecule has 0 N–H and O–H groups in total. The van der Waals surface area contributed by atoms with Gasteiger partial charge in [-0.2, -0.15) is 0 Å². The minimum atomic E-state index is 0.176. The fourth-order valence-electron chi connectivity index (χ4n) is 1.72. The molecule has 0 aliphatic carbocycles. The molecule has 0 amide bonds. The summed E-state index contributed by atoms with van der Waals surface area (Å²) in [6.07, 6.45) is 2.20. The van der Waals surface area contributed by atoms with Crippen LogP contribution in [-0.2, 0) is 11.3 Å². The molecule has 1 aromatic rings. The van der Waals surface area contributed by atoms with Gasteiger partial charge >= 0.3 is 0 Å². The van der Waals surface area contributed by atoms with Crippen LogP contribution in [0.15, 0.2) is 30.3 Å². The Morgan fingerprint density at radius 2 is 1.79 bits per heavy atom. The normalized spacial score (nSPS) is 13.7. The molecule has 19 heavy (non-hydrogen) atoms. The molecule has 1 aromatic carbocycles. The van der Waals surface area contributed by atoms with Crippen molar-refractivity contribution in [1.29, 1.82) is 0 Å². The third kappa shape index (κ3) is 5.19. The number of hydrogen-bond donors (Lipinski definition) is 0.